The molecule has 100 valence electrons. The fourth-order valence-corrected chi connectivity index (χ4v) is 2.96. The summed E-state index contributed by atoms with van der Waals surface area (Å²) in [6, 6.07) is 11.2. The van der Waals surface area contributed by atoms with Gasteiger partial charge < -0.3 is 5.32 Å². The Balaban J connectivity index is 1.91. The van der Waals surface area contributed by atoms with Gasteiger partial charge >= 0.3 is 0 Å². The molecule has 1 aliphatic rings. The maximum Gasteiger partial charge on any atom is 0.0706 e. The molecule has 3 rings (SSSR count). The zero-order valence-corrected chi connectivity index (χ0v) is 11.7. The van der Waals surface area contributed by atoms with E-state index in [1.807, 2.05) is 0 Å². The minimum Gasteiger partial charge on any atom is -0.309 e. The van der Waals surface area contributed by atoms with E-state index in [0.717, 1.165) is 12.1 Å². The first-order valence-corrected chi connectivity index (χ1v) is 7.50. The lowest BCUT2D eigenvalue weighted by molar-refractivity contribution is 0.445. The number of aromatic nitrogens is 1. The van der Waals surface area contributed by atoms with E-state index in [9.17, 15) is 0 Å². The predicted molar refractivity (Wildman–Crippen MR) is 80.3 cm³/mol. The minimum atomic E-state index is 0.458. The Labute approximate surface area is 115 Å². The molecule has 1 aromatic heterocycles. The van der Waals surface area contributed by atoms with Crippen molar-refractivity contribution in [3.63, 3.8) is 0 Å². The first-order valence-electron chi connectivity index (χ1n) is 7.50. The molecule has 0 aliphatic heterocycles. The molecule has 19 heavy (non-hydrogen) atoms. The first kappa shape index (κ1) is 12.6. The van der Waals surface area contributed by atoms with Gasteiger partial charge in [-0.05, 0) is 49.9 Å². The van der Waals surface area contributed by atoms with Gasteiger partial charge in [0.25, 0.3) is 0 Å². The summed E-state index contributed by atoms with van der Waals surface area (Å²) in [4.78, 5) is 4.91. The number of hydrogen-bond acceptors (Lipinski definition) is 2. The number of benzene rings is 1. The predicted octanol–water partition coefficient (Wildman–Crippen LogP) is 4.00. The van der Waals surface area contributed by atoms with Crippen molar-refractivity contribution in [3.05, 3.63) is 41.6 Å². The molecule has 0 fully saturated rings. The van der Waals surface area contributed by atoms with E-state index in [2.05, 4.69) is 42.6 Å². The topological polar surface area (TPSA) is 24.9 Å². The van der Waals surface area contributed by atoms with Crippen molar-refractivity contribution in [2.24, 2.45) is 0 Å². The van der Waals surface area contributed by atoms with E-state index >= 15 is 0 Å². The maximum absolute atomic E-state index is 4.91. The zero-order chi connectivity index (χ0) is 13.1. The number of fused-ring (bicyclic) bond motifs is 2. The Morgan fingerprint density at radius 3 is 3.11 bits per heavy atom. The average molecular weight is 254 g/mol. The molecule has 2 aromatic rings. The van der Waals surface area contributed by atoms with Gasteiger partial charge in [-0.1, -0.05) is 31.5 Å². The summed E-state index contributed by atoms with van der Waals surface area (Å²) in [6.07, 6.45) is 6.18. The summed E-state index contributed by atoms with van der Waals surface area (Å²) < 4.78 is 0. The minimum absolute atomic E-state index is 0.458. The van der Waals surface area contributed by atoms with Gasteiger partial charge in [0.1, 0.15) is 0 Å². The van der Waals surface area contributed by atoms with Crippen molar-refractivity contribution >= 4 is 10.9 Å². The summed E-state index contributed by atoms with van der Waals surface area (Å²) in [6.45, 7) is 3.34. The SMILES string of the molecule is CCCCNC1CCCc2cc3ccccc3nc21. The number of pyridine rings is 1. The molecule has 1 aliphatic carbocycles. The van der Waals surface area contributed by atoms with Crippen molar-refractivity contribution in [2.45, 2.75) is 45.1 Å². The van der Waals surface area contributed by atoms with Crippen molar-refractivity contribution in [2.75, 3.05) is 6.54 Å². The van der Waals surface area contributed by atoms with E-state index in [-0.39, 0.29) is 0 Å². The third-order valence-electron chi connectivity index (χ3n) is 4.03. The van der Waals surface area contributed by atoms with Crippen molar-refractivity contribution < 1.29 is 0 Å². The highest BCUT2D eigenvalue weighted by Gasteiger charge is 2.21. The van der Waals surface area contributed by atoms with E-state index in [1.165, 1.54) is 48.7 Å². The number of aryl methyl sites for hydroxylation is 1. The maximum atomic E-state index is 4.91. The van der Waals surface area contributed by atoms with Gasteiger partial charge in [0.2, 0.25) is 0 Å². The molecule has 1 atom stereocenters. The highest BCUT2D eigenvalue weighted by Crippen LogP contribution is 2.30. The monoisotopic (exact) mass is 254 g/mol. The van der Waals surface area contributed by atoms with Crippen LogP contribution >= 0.6 is 0 Å². The number of nitrogens with zero attached hydrogens (tertiary/aromatic N) is 1. The van der Waals surface area contributed by atoms with E-state index in [4.69, 9.17) is 4.98 Å². The van der Waals surface area contributed by atoms with Crippen LogP contribution < -0.4 is 5.32 Å². The quantitative estimate of drug-likeness (QED) is 0.834. The van der Waals surface area contributed by atoms with Crippen LogP contribution in [0, 0.1) is 0 Å². The van der Waals surface area contributed by atoms with E-state index < -0.39 is 0 Å². The number of nitrogens with one attached hydrogen (secondary N) is 1. The lowest BCUT2D eigenvalue weighted by atomic mass is 9.90. The van der Waals surface area contributed by atoms with Crippen LogP contribution in [0.1, 0.15) is 49.9 Å². The number of hydrogen-bond donors (Lipinski definition) is 1. The molecule has 1 unspecified atom stereocenters. The van der Waals surface area contributed by atoms with Gasteiger partial charge in [-0.15, -0.1) is 0 Å². The van der Waals surface area contributed by atoms with Crippen LogP contribution in [0.25, 0.3) is 10.9 Å². The molecule has 0 bridgehead atoms. The zero-order valence-electron chi connectivity index (χ0n) is 11.7. The Morgan fingerprint density at radius 1 is 1.32 bits per heavy atom. The fraction of sp³-hybridized carbons (Fsp3) is 0.471. The summed E-state index contributed by atoms with van der Waals surface area (Å²) >= 11 is 0. The number of para-hydroxylation sites is 1. The molecule has 0 amide bonds. The molecule has 0 spiro atoms. The standard InChI is InChI=1S/C17H22N2/c1-2-3-11-18-16-10-6-8-14-12-13-7-4-5-9-15(13)19-17(14)16/h4-5,7,9,12,16,18H,2-3,6,8,10-11H2,1H3. The Hall–Kier alpha value is -1.41. The first-order chi connectivity index (χ1) is 9.38. The lowest BCUT2D eigenvalue weighted by Crippen LogP contribution is -2.27. The second-order valence-electron chi connectivity index (χ2n) is 5.48. The van der Waals surface area contributed by atoms with E-state index in [1.54, 1.807) is 0 Å². The van der Waals surface area contributed by atoms with Crippen LogP contribution in [0.5, 0.6) is 0 Å². The molecule has 0 radical (unpaired) electrons. The molecule has 0 saturated carbocycles. The summed E-state index contributed by atoms with van der Waals surface area (Å²) in [7, 11) is 0. The summed E-state index contributed by atoms with van der Waals surface area (Å²) in [5.74, 6) is 0. The van der Waals surface area contributed by atoms with Crippen LogP contribution in [0.3, 0.4) is 0 Å². The van der Waals surface area contributed by atoms with Crippen molar-refractivity contribution in [3.8, 4) is 0 Å². The molecular weight excluding hydrogens is 232 g/mol. The third kappa shape index (κ3) is 2.64. The summed E-state index contributed by atoms with van der Waals surface area (Å²) in [5.41, 5.74) is 3.87. The molecule has 1 aromatic carbocycles. The van der Waals surface area contributed by atoms with Crippen LogP contribution in [0.4, 0.5) is 0 Å². The van der Waals surface area contributed by atoms with Gasteiger partial charge in [-0.25, -0.2) is 0 Å². The smallest absolute Gasteiger partial charge is 0.0706 e. The Bertz CT molecular complexity index is 562. The highest BCUT2D eigenvalue weighted by atomic mass is 14.9. The number of rotatable bonds is 4. The molecular formula is C17H22N2. The van der Waals surface area contributed by atoms with Gasteiger partial charge in [-0.3, -0.25) is 4.98 Å². The van der Waals surface area contributed by atoms with Crippen LogP contribution in [0.2, 0.25) is 0 Å². The van der Waals surface area contributed by atoms with Crippen LogP contribution in [-0.2, 0) is 6.42 Å². The lowest BCUT2D eigenvalue weighted by Gasteiger charge is -2.26. The Kier molecular flexibility index (Phi) is 3.79. The molecule has 2 nitrogen and oxygen atoms in total. The Morgan fingerprint density at radius 2 is 2.21 bits per heavy atom. The normalized spacial score (nSPS) is 18.5. The molecule has 1 N–H and O–H groups in total. The van der Waals surface area contributed by atoms with Gasteiger partial charge in [0.15, 0.2) is 0 Å². The molecule has 0 saturated heterocycles. The van der Waals surface area contributed by atoms with Crippen molar-refractivity contribution in [1.82, 2.24) is 10.3 Å². The van der Waals surface area contributed by atoms with Crippen molar-refractivity contribution in [1.29, 1.82) is 0 Å². The molecule has 2 heteroatoms. The average Bonchev–Trinajstić information content (AvgIpc) is 2.46. The van der Waals surface area contributed by atoms with Gasteiger partial charge in [0, 0.05) is 11.4 Å². The van der Waals surface area contributed by atoms with Crippen LogP contribution in [0.15, 0.2) is 30.3 Å². The third-order valence-corrected chi connectivity index (χ3v) is 4.03. The number of unbranched alkanes of at least 4 members (excludes halogenated alkanes) is 1. The largest absolute Gasteiger partial charge is 0.309 e. The van der Waals surface area contributed by atoms with E-state index in [0.29, 0.717) is 6.04 Å². The highest BCUT2D eigenvalue weighted by molar-refractivity contribution is 5.79. The fourth-order valence-electron chi connectivity index (χ4n) is 2.96. The van der Waals surface area contributed by atoms with Gasteiger partial charge in [-0.2, -0.15) is 0 Å². The van der Waals surface area contributed by atoms with Gasteiger partial charge in [0.05, 0.1) is 11.2 Å². The molecule has 1 heterocycles. The summed E-state index contributed by atoms with van der Waals surface area (Å²) in [5, 5.41) is 4.95. The second kappa shape index (κ2) is 5.70. The second-order valence-corrected chi connectivity index (χ2v) is 5.48. The van der Waals surface area contributed by atoms with Crippen LogP contribution in [-0.4, -0.2) is 11.5 Å².